The molecule has 0 radical (unpaired) electrons. The summed E-state index contributed by atoms with van der Waals surface area (Å²) in [5.41, 5.74) is 0.258. The molecule has 0 bridgehead atoms. The minimum atomic E-state index is -0.712. The fourth-order valence-corrected chi connectivity index (χ4v) is 2.97. The molecule has 0 heterocycles. The summed E-state index contributed by atoms with van der Waals surface area (Å²) < 4.78 is 5.87. The molecule has 1 N–H and O–H groups in total. The van der Waals surface area contributed by atoms with Crippen molar-refractivity contribution >= 4 is 0 Å². The first kappa shape index (κ1) is 14.4. The molecule has 2 unspecified atom stereocenters. The summed E-state index contributed by atoms with van der Waals surface area (Å²) in [5, 5.41) is 11.1. The molecule has 0 aromatic heterocycles. The van der Waals surface area contributed by atoms with Crippen LogP contribution in [0.1, 0.15) is 58.4 Å². The van der Waals surface area contributed by atoms with Gasteiger partial charge in [-0.25, -0.2) is 0 Å². The van der Waals surface area contributed by atoms with Crippen molar-refractivity contribution in [1.29, 1.82) is 0 Å². The summed E-state index contributed by atoms with van der Waals surface area (Å²) in [5.74, 6) is 1.56. The number of hydrogen-bond acceptors (Lipinski definition) is 2. The molecule has 2 rings (SSSR count). The largest absolute Gasteiger partial charge is 0.491 e. The molecule has 0 spiro atoms. The van der Waals surface area contributed by atoms with E-state index in [9.17, 15) is 5.11 Å². The zero-order chi connectivity index (χ0) is 13.9. The first-order valence-electron chi connectivity index (χ1n) is 7.50. The topological polar surface area (TPSA) is 29.5 Å². The van der Waals surface area contributed by atoms with E-state index in [2.05, 4.69) is 6.92 Å². The van der Waals surface area contributed by atoms with Crippen LogP contribution in [0.3, 0.4) is 0 Å². The first-order valence-corrected chi connectivity index (χ1v) is 7.50. The Balaban J connectivity index is 2.28. The van der Waals surface area contributed by atoms with Crippen LogP contribution in [-0.2, 0) is 5.60 Å². The SMILES string of the molecule is CC1CCCC(O)(c2ccccc2OC(C)C)CC1. The van der Waals surface area contributed by atoms with Gasteiger partial charge in [0.05, 0.1) is 11.7 Å². The molecule has 1 aliphatic carbocycles. The van der Waals surface area contributed by atoms with Crippen molar-refractivity contribution in [2.75, 3.05) is 0 Å². The predicted octanol–water partition coefficient (Wildman–Crippen LogP) is 4.26. The second-order valence-corrected chi connectivity index (χ2v) is 6.23. The highest BCUT2D eigenvalue weighted by Crippen LogP contribution is 2.41. The Morgan fingerprint density at radius 2 is 1.95 bits per heavy atom. The molecule has 2 nitrogen and oxygen atoms in total. The maximum absolute atomic E-state index is 11.1. The van der Waals surface area contributed by atoms with E-state index in [1.54, 1.807) is 0 Å². The van der Waals surface area contributed by atoms with Crippen LogP contribution in [0, 0.1) is 5.92 Å². The smallest absolute Gasteiger partial charge is 0.125 e. The quantitative estimate of drug-likeness (QED) is 0.825. The molecule has 0 aliphatic heterocycles. The number of aliphatic hydroxyl groups is 1. The minimum Gasteiger partial charge on any atom is -0.491 e. The van der Waals surface area contributed by atoms with Gasteiger partial charge in [0.15, 0.2) is 0 Å². The van der Waals surface area contributed by atoms with Gasteiger partial charge >= 0.3 is 0 Å². The average molecular weight is 262 g/mol. The van der Waals surface area contributed by atoms with Crippen molar-refractivity contribution in [3.8, 4) is 5.75 Å². The molecule has 0 amide bonds. The zero-order valence-corrected chi connectivity index (χ0v) is 12.4. The molecule has 1 aromatic carbocycles. The molecule has 106 valence electrons. The second-order valence-electron chi connectivity index (χ2n) is 6.23. The number of ether oxygens (including phenoxy) is 1. The van der Waals surface area contributed by atoms with Gasteiger partial charge in [0.25, 0.3) is 0 Å². The minimum absolute atomic E-state index is 0.134. The Labute approximate surface area is 116 Å². The first-order chi connectivity index (χ1) is 9.01. The van der Waals surface area contributed by atoms with Gasteiger partial charge in [-0.2, -0.15) is 0 Å². The van der Waals surface area contributed by atoms with Crippen molar-refractivity contribution in [3.05, 3.63) is 29.8 Å². The molecular weight excluding hydrogens is 236 g/mol. The predicted molar refractivity (Wildman–Crippen MR) is 78.4 cm³/mol. The standard InChI is InChI=1S/C17H26O2/c1-13(2)19-16-9-5-4-8-15(16)17(18)11-6-7-14(3)10-12-17/h4-5,8-9,13-14,18H,6-7,10-12H2,1-3H3. The summed E-state index contributed by atoms with van der Waals surface area (Å²) in [6.07, 6.45) is 5.22. The fourth-order valence-electron chi connectivity index (χ4n) is 2.97. The lowest BCUT2D eigenvalue weighted by Gasteiger charge is -2.29. The van der Waals surface area contributed by atoms with E-state index in [1.807, 2.05) is 38.1 Å². The van der Waals surface area contributed by atoms with Crippen LogP contribution in [0.15, 0.2) is 24.3 Å². The van der Waals surface area contributed by atoms with E-state index in [1.165, 1.54) is 6.42 Å². The van der Waals surface area contributed by atoms with E-state index in [-0.39, 0.29) is 6.10 Å². The Hall–Kier alpha value is -1.02. The van der Waals surface area contributed by atoms with Crippen LogP contribution in [0.25, 0.3) is 0 Å². The zero-order valence-electron chi connectivity index (χ0n) is 12.4. The summed E-state index contributed by atoms with van der Waals surface area (Å²) >= 11 is 0. The van der Waals surface area contributed by atoms with Gasteiger partial charge in [-0.3, -0.25) is 0 Å². The molecule has 1 saturated carbocycles. The highest BCUT2D eigenvalue weighted by Gasteiger charge is 2.34. The van der Waals surface area contributed by atoms with Gasteiger partial charge in [-0.1, -0.05) is 31.5 Å². The average Bonchev–Trinajstić information content (AvgIpc) is 2.52. The highest BCUT2D eigenvalue weighted by atomic mass is 16.5. The number of rotatable bonds is 3. The number of hydrogen-bond donors (Lipinski definition) is 1. The van der Waals surface area contributed by atoms with Crippen molar-refractivity contribution in [1.82, 2.24) is 0 Å². The molecule has 1 fully saturated rings. The van der Waals surface area contributed by atoms with Gasteiger partial charge in [0.1, 0.15) is 5.75 Å². The van der Waals surface area contributed by atoms with E-state index in [0.717, 1.165) is 37.0 Å². The molecular formula is C17H26O2. The van der Waals surface area contributed by atoms with Crippen LogP contribution in [0.4, 0.5) is 0 Å². The van der Waals surface area contributed by atoms with E-state index < -0.39 is 5.60 Å². The van der Waals surface area contributed by atoms with Crippen molar-refractivity contribution in [2.24, 2.45) is 5.92 Å². The third kappa shape index (κ3) is 3.50. The van der Waals surface area contributed by atoms with Gasteiger partial charge in [0.2, 0.25) is 0 Å². The van der Waals surface area contributed by atoms with E-state index in [4.69, 9.17) is 4.74 Å². The van der Waals surface area contributed by atoms with Gasteiger partial charge < -0.3 is 9.84 Å². The molecule has 19 heavy (non-hydrogen) atoms. The second kappa shape index (κ2) is 5.96. The van der Waals surface area contributed by atoms with Crippen LogP contribution in [-0.4, -0.2) is 11.2 Å². The van der Waals surface area contributed by atoms with Crippen LogP contribution in [0.2, 0.25) is 0 Å². The van der Waals surface area contributed by atoms with Crippen LogP contribution < -0.4 is 4.74 Å². The highest BCUT2D eigenvalue weighted by molar-refractivity contribution is 5.38. The number of para-hydroxylation sites is 1. The maximum Gasteiger partial charge on any atom is 0.125 e. The van der Waals surface area contributed by atoms with Gasteiger partial charge in [-0.15, -0.1) is 0 Å². The molecule has 1 aliphatic rings. The Kier molecular flexibility index (Phi) is 4.51. The van der Waals surface area contributed by atoms with Gasteiger partial charge in [0, 0.05) is 5.56 Å². The van der Waals surface area contributed by atoms with Crippen molar-refractivity contribution in [3.63, 3.8) is 0 Å². The van der Waals surface area contributed by atoms with Crippen molar-refractivity contribution < 1.29 is 9.84 Å². The Morgan fingerprint density at radius 3 is 2.68 bits per heavy atom. The summed E-state index contributed by atoms with van der Waals surface area (Å²) in [6.45, 7) is 6.33. The lowest BCUT2D eigenvalue weighted by atomic mass is 9.85. The lowest BCUT2D eigenvalue weighted by Crippen LogP contribution is -2.26. The Bertz CT molecular complexity index is 413. The van der Waals surface area contributed by atoms with E-state index >= 15 is 0 Å². The summed E-state index contributed by atoms with van der Waals surface area (Å²) in [4.78, 5) is 0. The maximum atomic E-state index is 11.1. The van der Waals surface area contributed by atoms with Gasteiger partial charge in [-0.05, 0) is 51.5 Å². The molecule has 2 heteroatoms. The third-order valence-electron chi connectivity index (χ3n) is 4.09. The Morgan fingerprint density at radius 1 is 1.21 bits per heavy atom. The lowest BCUT2D eigenvalue weighted by molar-refractivity contribution is 0.0162. The van der Waals surface area contributed by atoms with Crippen molar-refractivity contribution in [2.45, 2.75) is 64.6 Å². The van der Waals surface area contributed by atoms with Crippen LogP contribution in [0.5, 0.6) is 5.75 Å². The number of benzene rings is 1. The van der Waals surface area contributed by atoms with E-state index in [0.29, 0.717) is 5.92 Å². The molecule has 1 aromatic rings. The van der Waals surface area contributed by atoms with Crippen LogP contribution >= 0.6 is 0 Å². The normalized spacial score (nSPS) is 28.2. The third-order valence-corrected chi connectivity index (χ3v) is 4.09. The fraction of sp³-hybridized carbons (Fsp3) is 0.647. The molecule has 0 saturated heterocycles. The summed E-state index contributed by atoms with van der Waals surface area (Å²) in [7, 11) is 0. The monoisotopic (exact) mass is 262 g/mol. The summed E-state index contributed by atoms with van der Waals surface area (Å²) in [6, 6.07) is 7.97. The molecule has 2 atom stereocenters.